The van der Waals surface area contributed by atoms with Crippen LogP contribution in [-0.2, 0) is 11.2 Å². The third kappa shape index (κ3) is 5.37. The molecular weight excluding hydrogens is 362 g/mol. The van der Waals surface area contributed by atoms with Gasteiger partial charge in [0, 0.05) is 19.6 Å². The summed E-state index contributed by atoms with van der Waals surface area (Å²) in [6, 6.07) is 7.40. The van der Waals surface area contributed by atoms with E-state index in [4.69, 9.17) is 9.47 Å². The molecule has 0 aliphatic carbocycles. The number of aromatic nitrogens is 2. The molecule has 0 unspecified atom stereocenters. The van der Waals surface area contributed by atoms with Crippen molar-refractivity contribution in [1.29, 1.82) is 0 Å². The first-order chi connectivity index (χ1) is 13.7. The summed E-state index contributed by atoms with van der Waals surface area (Å²) in [6.07, 6.45) is 3.02. The Labute approximate surface area is 163 Å². The normalized spacial score (nSPS) is 14.6. The highest BCUT2D eigenvalue weighted by Crippen LogP contribution is 2.34. The van der Waals surface area contributed by atoms with Gasteiger partial charge in [-0.1, -0.05) is 19.1 Å². The number of morpholine rings is 1. The van der Waals surface area contributed by atoms with E-state index in [9.17, 15) is 10.1 Å². The van der Waals surface area contributed by atoms with E-state index in [0.29, 0.717) is 12.3 Å². The first-order valence-electron chi connectivity index (χ1n) is 9.47. The van der Waals surface area contributed by atoms with Crippen LogP contribution < -0.4 is 10.1 Å². The molecule has 9 nitrogen and oxygen atoms in total. The van der Waals surface area contributed by atoms with Crippen molar-refractivity contribution in [1.82, 2.24) is 14.9 Å². The standard InChI is InChI=1S/C19H25N5O4/c1-2-15-4-6-16(7-5-15)28-19-17(24(25)26)18(21-14-22-19)20-8-3-9-23-10-12-27-13-11-23/h4-7,14H,2-3,8-13H2,1H3,(H,20,21,22). The van der Waals surface area contributed by atoms with E-state index in [-0.39, 0.29) is 17.4 Å². The van der Waals surface area contributed by atoms with Crippen molar-refractivity contribution >= 4 is 11.5 Å². The zero-order valence-corrected chi connectivity index (χ0v) is 16.0. The van der Waals surface area contributed by atoms with Crippen molar-refractivity contribution < 1.29 is 14.4 Å². The molecule has 2 heterocycles. The number of nitrogens with zero attached hydrogens (tertiary/aromatic N) is 4. The molecule has 1 saturated heterocycles. The number of aryl methyl sites for hydroxylation is 1. The molecule has 0 spiro atoms. The lowest BCUT2D eigenvalue weighted by Gasteiger charge is -2.26. The molecule has 150 valence electrons. The second-order valence-corrected chi connectivity index (χ2v) is 6.47. The van der Waals surface area contributed by atoms with Crippen LogP contribution in [0.3, 0.4) is 0 Å². The van der Waals surface area contributed by atoms with Crippen molar-refractivity contribution in [3.05, 3.63) is 46.3 Å². The quantitative estimate of drug-likeness (QED) is 0.398. The van der Waals surface area contributed by atoms with Crippen molar-refractivity contribution in [2.75, 3.05) is 44.7 Å². The van der Waals surface area contributed by atoms with E-state index in [1.165, 1.54) is 6.33 Å². The maximum absolute atomic E-state index is 11.6. The van der Waals surface area contributed by atoms with Gasteiger partial charge in [0.15, 0.2) is 0 Å². The number of nitro groups is 1. The Kier molecular flexibility index (Phi) is 7.10. The highest BCUT2D eigenvalue weighted by Gasteiger charge is 2.25. The van der Waals surface area contributed by atoms with Crippen molar-refractivity contribution in [3.8, 4) is 11.6 Å². The number of hydrogen-bond donors (Lipinski definition) is 1. The summed E-state index contributed by atoms with van der Waals surface area (Å²) in [5.41, 5.74) is 0.903. The van der Waals surface area contributed by atoms with Crippen molar-refractivity contribution in [3.63, 3.8) is 0 Å². The predicted molar refractivity (Wildman–Crippen MR) is 105 cm³/mol. The van der Waals surface area contributed by atoms with Crippen molar-refractivity contribution in [2.24, 2.45) is 0 Å². The molecule has 28 heavy (non-hydrogen) atoms. The largest absolute Gasteiger partial charge is 0.434 e. The summed E-state index contributed by atoms with van der Waals surface area (Å²) in [5.74, 6) is 0.597. The lowest BCUT2D eigenvalue weighted by atomic mass is 10.2. The Balaban J connectivity index is 1.63. The summed E-state index contributed by atoms with van der Waals surface area (Å²) in [5, 5.41) is 14.6. The molecule has 0 atom stereocenters. The van der Waals surface area contributed by atoms with Gasteiger partial charge in [-0.15, -0.1) is 0 Å². The minimum Gasteiger partial charge on any atom is -0.434 e. The molecule has 0 radical (unpaired) electrons. The van der Waals surface area contributed by atoms with E-state index in [1.54, 1.807) is 12.1 Å². The highest BCUT2D eigenvalue weighted by molar-refractivity contribution is 5.61. The summed E-state index contributed by atoms with van der Waals surface area (Å²) in [7, 11) is 0. The third-order valence-electron chi connectivity index (χ3n) is 4.56. The van der Waals surface area contributed by atoms with Gasteiger partial charge in [0.25, 0.3) is 0 Å². The lowest BCUT2D eigenvalue weighted by molar-refractivity contribution is -0.385. The number of ether oxygens (including phenoxy) is 2. The van der Waals surface area contributed by atoms with Crippen LogP contribution in [0.15, 0.2) is 30.6 Å². The molecule has 1 aromatic heterocycles. The molecule has 0 bridgehead atoms. The molecule has 0 saturated carbocycles. The van der Waals surface area contributed by atoms with Crippen LogP contribution in [0.4, 0.5) is 11.5 Å². The van der Waals surface area contributed by atoms with Crippen LogP contribution in [0, 0.1) is 10.1 Å². The Morgan fingerprint density at radius 3 is 2.68 bits per heavy atom. The monoisotopic (exact) mass is 387 g/mol. The number of rotatable bonds is 9. The van der Waals surface area contributed by atoms with E-state index in [0.717, 1.165) is 51.3 Å². The van der Waals surface area contributed by atoms with Crippen LogP contribution in [0.5, 0.6) is 11.6 Å². The number of nitrogens with one attached hydrogen (secondary N) is 1. The predicted octanol–water partition coefficient (Wildman–Crippen LogP) is 2.87. The number of hydrogen-bond acceptors (Lipinski definition) is 8. The van der Waals surface area contributed by atoms with Gasteiger partial charge in [0.1, 0.15) is 12.1 Å². The van der Waals surface area contributed by atoms with Gasteiger partial charge >= 0.3 is 11.6 Å². The number of benzene rings is 1. The van der Waals surface area contributed by atoms with Gasteiger partial charge in [-0.05, 0) is 37.1 Å². The van der Waals surface area contributed by atoms with Gasteiger partial charge < -0.3 is 14.8 Å². The topological polar surface area (TPSA) is 103 Å². The zero-order valence-electron chi connectivity index (χ0n) is 16.0. The summed E-state index contributed by atoms with van der Waals surface area (Å²) < 4.78 is 11.0. The molecule has 2 aromatic rings. The fourth-order valence-corrected chi connectivity index (χ4v) is 2.97. The Bertz CT molecular complexity index is 778. The molecule has 1 fully saturated rings. The SMILES string of the molecule is CCc1ccc(Oc2ncnc(NCCCN3CCOCC3)c2[N+](=O)[O-])cc1. The van der Waals surface area contributed by atoms with Gasteiger partial charge in [-0.25, -0.2) is 4.98 Å². The molecule has 1 aliphatic heterocycles. The summed E-state index contributed by atoms with van der Waals surface area (Å²) in [4.78, 5) is 21.4. The highest BCUT2D eigenvalue weighted by atomic mass is 16.6. The first-order valence-corrected chi connectivity index (χ1v) is 9.47. The average molecular weight is 387 g/mol. The molecule has 9 heteroatoms. The van der Waals surface area contributed by atoms with Crippen LogP contribution in [0.2, 0.25) is 0 Å². The van der Waals surface area contributed by atoms with Crippen LogP contribution in [0.25, 0.3) is 0 Å². The second-order valence-electron chi connectivity index (χ2n) is 6.47. The molecule has 1 aromatic carbocycles. The fourth-order valence-electron chi connectivity index (χ4n) is 2.97. The van der Waals surface area contributed by atoms with Gasteiger partial charge in [-0.3, -0.25) is 15.0 Å². The maximum Gasteiger partial charge on any atom is 0.373 e. The smallest absolute Gasteiger partial charge is 0.373 e. The minimum atomic E-state index is -0.514. The molecule has 1 aliphatic rings. The Morgan fingerprint density at radius 2 is 2.00 bits per heavy atom. The van der Waals surface area contributed by atoms with Crippen LogP contribution in [0.1, 0.15) is 18.9 Å². The summed E-state index contributed by atoms with van der Waals surface area (Å²) in [6.45, 7) is 6.88. The van der Waals surface area contributed by atoms with E-state index >= 15 is 0 Å². The average Bonchev–Trinajstić information content (AvgIpc) is 2.72. The second kappa shape index (κ2) is 9.95. The van der Waals surface area contributed by atoms with Gasteiger partial charge in [-0.2, -0.15) is 4.98 Å². The zero-order chi connectivity index (χ0) is 19.8. The molecular formula is C19H25N5O4. The Hall–Kier alpha value is -2.78. The third-order valence-corrected chi connectivity index (χ3v) is 4.56. The lowest BCUT2D eigenvalue weighted by Crippen LogP contribution is -2.37. The molecule has 0 amide bonds. The maximum atomic E-state index is 11.6. The van der Waals surface area contributed by atoms with Crippen molar-refractivity contribution in [2.45, 2.75) is 19.8 Å². The summed E-state index contributed by atoms with van der Waals surface area (Å²) >= 11 is 0. The minimum absolute atomic E-state index is 0.0695. The van der Waals surface area contributed by atoms with E-state index in [2.05, 4.69) is 27.1 Å². The van der Waals surface area contributed by atoms with Gasteiger partial charge in [0.05, 0.1) is 18.1 Å². The Morgan fingerprint density at radius 1 is 1.25 bits per heavy atom. The number of anilines is 1. The van der Waals surface area contributed by atoms with Crippen LogP contribution in [-0.4, -0.2) is 59.2 Å². The fraction of sp³-hybridized carbons (Fsp3) is 0.474. The van der Waals surface area contributed by atoms with Gasteiger partial charge in [0.2, 0.25) is 5.82 Å². The van der Waals surface area contributed by atoms with Crippen LogP contribution >= 0.6 is 0 Å². The molecule has 1 N–H and O–H groups in total. The van der Waals surface area contributed by atoms with E-state index < -0.39 is 4.92 Å². The molecule has 3 rings (SSSR count). The first kappa shape index (κ1) is 20.0. The van der Waals surface area contributed by atoms with E-state index in [1.807, 2.05) is 12.1 Å².